The number of ether oxygens (including phenoxy) is 1. The van der Waals surface area contributed by atoms with Crippen molar-refractivity contribution in [2.45, 2.75) is 24.9 Å². The van der Waals surface area contributed by atoms with Crippen molar-refractivity contribution in [2.24, 2.45) is 5.73 Å². The Morgan fingerprint density at radius 1 is 1.19 bits per heavy atom. The maximum absolute atomic E-state index is 12.1. The third kappa shape index (κ3) is 7.93. The van der Waals surface area contributed by atoms with Gasteiger partial charge in [0.15, 0.2) is 0 Å². The molecule has 1 aromatic heterocycles. The van der Waals surface area contributed by atoms with Crippen LogP contribution in [0.1, 0.15) is 18.2 Å². The van der Waals surface area contributed by atoms with Crippen LogP contribution in [-0.4, -0.2) is 59.6 Å². The summed E-state index contributed by atoms with van der Waals surface area (Å²) in [4.78, 5) is 61.5. The predicted molar refractivity (Wildman–Crippen MR) is 104 cm³/mol. The van der Waals surface area contributed by atoms with E-state index in [1.54, 1.807) is 0 Å². The Morgan fingerprint density at radius 3 is 2.44 bits per heavy atom. The number of aliphatic hydroxyl groups excluding tert-OH is 1. The van der Waals surface area contributed by atoms with E-state index >= 15 is 0 Å². The van der Waals surface area contributed by atoms with Crippen LogP contribution in [0.25, 0.3) is 6.08 Å². The zero-order valence-corrected chi connectivity index (χ0v) is 18.5. The number of nitrogens with two attached hydrogens (primary N) is 1. The molecule has 1 aliphatic heterocycles. The number of aromatic nitrogens is 2. The van der Waals surface area contributed by atoms with Crippen LogP contribution < -0.4 is 17.0 Å². The number of aromatic amines is 1. The lowest BCUT2D eigenvalue weighted by atomic mass is 10.2. The van der Waals surface area contributed by atoms with Crippen molar-refractivity contribution >= 4 is 29.5 Å². The van der Waals surface area contributed by atoms with Gasteiger partial charge >= 0.3 is 29.2 Å². The summed E-state index contributed by atoms with van der Waals surface area (Å²) in [5.41, 5.74) is 3.81. The molecule has 5 unspecified atom stereocenters. The van der Waals surface area contributed by atoms with Crippen molar-refractivity contribution in [3.63, 3.8) is 0 Å². The first-order valence-corrected chi connectivity index (χ1v) is 13.0. The first-order chi connectivity index (χ1) is 14.6. The van der Waals surface area contributed by atoms with Gasteiger partial charge in [-0.15, -0.1) is 0 Å². The molecule has 0 aromatic carbocycles. The Hall–Kier alpha value is -1.29. The average molecular weight is 523 g/mol. The summed E-state index contributed by atoms with van der Waals surface area (Å²) in [6.45, 7) is -0.778. The van der Waals surface area contributed by atoms with E-state index in [0.29, 0.717) is 0 Å². The normalized spacial score (nSPS) is 25.6. The van der Waals surface area contributed by atoms with Crippen molar-refractivity contribution in [3.8, 4) is 0 Å². The first-order valence-electron chi connectivity index (χ1n) is 8.46. The van der Waals surface area contributed by atoms with Crippen molar-refractivity contribution in [3.05, 3.63) is 38.7 Å². The van der Waals surface area contributed by atoms with Crippen molar-refractivity contribution in [1.82, 2.24) is 9.55 Å². The molecule has 8 N–H and O–H groups in total. The lowest BCUT2D eigenvalue weighted by Gasteiger charge is -2.19. The van der Waals surface area contributed by atoms with Crippen LogP contribution in [0.15, 0.2) is 21.9 Å². The molecule has 0 amide bonds. The molecule has 0 radical (unpaired) electrons. The largest absolute Gasteiger partial charge is 0.490 e. The van der Waals surface area contributed by atoms with Gasteiger partial charge in [-0.25, -0.2) is 18.5 Å². The molecular weight excluding hydrogens is 503 g/mol. The molecule has 0 bridgehead atoms. The Morgan fingerprint density at radius 2 is 1.84 bits per heavy atom. The molecule has 0 aliphatic carbocycles. The van der Waals surface area contributed by atoms with E-state index in [4.69, 9.17) is 25.2 Å². The average Bonchev–Trinajstić information content (AvgIpc) is 2.97. The molecule has 20 heteroatoms. The van der Waals surface area contributed by atoms with Crippen LogP contribution in [0.5, 0.6) is 0 Å². The summed E-state index contributed by atoms with van der Waals surface area (Å²) >= 11 is 0. The van der Waals surface area contributed by atoms with Gasteiger partial charge in [-0.1, -0.05) is 12.2 Å². The maximum Gasteiger partial charge on any atom is 0.490 e. The van der Waals surface area contributed by atoms with Crippen LogP contribution in [-0.2, 0) is 31.6 Å². The highest BCUT2D eigenvalue weighted by Crippen LogP contribution is 2.66. The van der Waals surface area contributed by atoms with Crippen LogP contribution in [0.2, 0.25) is 0 Å². The van der Waals surface area contributed by atoms with Gasteiger partial charge in [0, 0.05) is 19.2 Å². The van der Waals surface area contributed by atoms with Crippen molar-refractivity contribution in [1.29, 1.82) is 0 Å². The number of phosphoric acid groups is 3. The summed E-state index contributed by atoms with van der Waals surface area (Å²) in [5, 5.41) is 10.1. The van der Waals surface area contributed by atoms with Gasteiger partial charge in [0.1, 0.15) is 12.3 Å². The second kappa shape index (κ2) is 10.3. The topological polar surface area (TPSA) is 270 Å². The molecule has 2 rings (SSSR count). The van der Waals surface area contributed by atoms with Crippen molar-refractivity contribution in [2.75, 3.05) is 13.2 Å². The molecule has 1 aromatic rings. The lowest BCUT2D eigenvalue weighted by molar-refractivity contribution is -0.0450. The zero-order valence-electron chi connectivity index (χ0n) is 15.9. The molecule has 0 spiro atoms. The molecule has 1 aliphatic rings. The fourth-order valence-corrected chi connectivity index (χ4v) is 5.57. The number of phosphoric ester groups is 1. The molecule has 1 fully saturated rings. The first kappa shape index (κ1) is 27.0. The lowest BCUT2D eigenvalue weighted by Crippen LogP contribution is -2.33. The Labute approximate surface area is 178 Å². The Balaban J connectivity index is 2.08. The zero-order chi connectivity index (χ0) is 24.3. The smallest absolute Gasteiger partial charge is 0.390 e. The van der Waals surface area contributed by atoms with E-state index in [1.807, 2.05) is 4.98 Å². The predicted octanol–water partition coefficient (Wildman–Crippen LogP) is -1.50. The van der Waals surface area contributed by atoms with Crippen molar-refractivity contribution < 1.29 is 56.3 Å². The molecule has 17 nitrogen and oxygen atoms in total. The number of hydrogen-bond acceptors (Lipinski definition) is 11. The molecule has 32 heavy (non-hydrogen) atoms. The Bertz CT molecular complexity index is 1110. The van der Waals surface area contributed by atoms with Gasteiger partial charge in [0.25, 0.3) is 5.56 Å². The van der Waals surface area contributed by atoms with E-state index < -0.39 is 59.8 Å². The fourth-order valence-electron chi connectivity index (χ4n) is 2.54. The highest BCUT2D eigenvalue weighted by atomic mass is 31.3. The van der Waals surface area contributed by atoms with Gasteiger partial charge in [-0.3, -0.25) is 18.9 Å². The van der Waals surface area contributed by atoms with Crippen LogP contribution in [0.4, 0.5) is 0 Å². The molecular formula is C12H20N3O14P3. The van der Waals surface area contributed by atoms with Gasteiger partial charge in [-0.05, 0) is 0 Å². The van der Waals surface area contributed by atoms with Gasteiger partial charge in [0.2, 0.25) is 0 Å². The molecule has 0 saturated carbocycles. The number of aliphatic hydroxyl groups is 1. The third-order valence-corrected chi connectivity index (χ3v) is 7.56. The van der Waals surface area contributed by atoms with E-state index in [0.717, 1.165) is 10.8 Å². The monoisotopic (exact) mass is 523 g/mol. The van der Waals surface area contributed by atoms with E-state index in [9.17, 15) is 33.3 Å². The van der Waals surface area contributed by atoms with Crippen LogP contribution >= 0.6 is 23.5 Å². The van der Waals surface area contributed by atoms with Gasteiger partial charge in [0.05, 0.1) is 18.3 Å². The highest BCUT2D eigenvalue weighted by Gasteiger charge is 2.43. The second-order valence-electron chi connectivity index (χ2n) is 6.21. The summed E-state index contributed by atoms with van der Waals surface area (Å²) in [6, 6.07) is 0. The standard InChI is InChI=1S/C12H20N3O14P3/c13-3-1-2-7-5-15(12(18)14-11(7)17)10-4-8(16)9(27-10)6-26-31(22,23)29-32(24,25)28-30(19,20)21/h1-2,5,8-10,16H,3-4,6,13H2,(H,22,23)(H,24,25)(H,14,17,18)(H2,19,20,21). The molecule has 2 heterocycles. The number of hydrogen-bond donors (Lipinski definition) is 7. The van der Waals surface area contributed by atoms with E-state index in [2.05, 4.69) is 13.1 Å². The maximum atomic E-state index is 12.1. The molecule has 5 atom stereocenters. The second-order valence-corrected chi connectivity index (χ2v) is 10.6. The summed E-state index contributed by atoms with van der Waals surface area (Å²) in [7, 11) is -16.7. The SMILES string of the molecule is NCC=Cc1cn(C2CC(O)C(COP(=O)(O)OP(=O)(O)OP(=O)(O)O)O2)c(=O)[nH]c1=O. The minimum atomic E-state index is -5.70. The van der Waals surface area contributed by atoms with E-state index in [-0.39, 0.29) is 18.5 Å². The highest BCUT2D eigenvalue weighted by molar-refractivity contribution is 7.66. The van der Waals surface area contributed by atoms with E-state index in [1.165, 1.54) is 12.2 Å². The fraction of sp³-hybridized carbons (Fsp3) is 0.500. The molecule has 182 valence electrons. The number of nitrogens with zero attached hydrogens (tertiary/aromatic N) is 1. The number of H-pyrrole nitrogens is 1. The number of nitrogens with one attached hydrogen (secondary N) is 1. The Kier molecular flexibility index (Phi) is 8.70. The van der Waals surface area contributed by atoms with Gasteiger partial charge < -0.3 is 35.2 Å². The minimum absolute atomic E-state index is 0.0600. The summed E-state index contributed by atoms with van der Waals surface area (Å²) in [5.74, 6) is 0. The third-order valence-electron chi connectivity index (χ3n) is 3.76. The summed E-state index contributed by atoms with van der Waals surface area (Å²) < 4.78 is 51.6. The molecule has 1 saturated heterocycles. The summed E-state index contributed by atoms with van der Waals surface area (Å²) in [6.07, 6.45) is -0.0802. The van der Waals surface area contributed by atoms with Crippen LogP contribution in [0, 0.1) is 0 Å². The number of rotatable bonds is 10. The van der Waals surface area contributed by atoms with Gasteiger partial charge in [-0.2, -0.15) is 8.62 Å². The quantitative estimate of drug-likeness (QED) is 0.172. The van der Waals surface area contributed by atoms with Crippen LogP contribution in [0.3, 0.4) is 0 Å². The minimum Gasteiger partial charge on any atom is -0.390 e.